The van der Waals surface area contributed by atoms with Crippen molar-refractivity contribution in [3.8, 4) is 0 Å². The van der Waals surface area contributed by atoms with E-state index < -0.39 is 0 Å². The third-order valence-electron chi connectivity index (χ3n) is 3.48. The van der Waals surface area contributed by atoms with Crippen molar-refractivity contribution in [2.75, 3.05) is 6.54 Å². The van der Waals surface area contributed by atoms with Crippen LogP contribution < -0.4 is 5.73 Å². The Morgan fingerprint density at radius 1 is 1.26 bits per heavy atom. The lowest BCUT2D eigenvalue weighted by molar-refractivity contribution is -0.134. The van der Waals surface area contributed by atoms with E-state index in [0.29, 0.717) is 19.5 Å². The van der Waals surface area contributed by atoms with Crippen molar-refractivity contribution in [1.82, 2.24) is 4.90 Å². The molecule has 1 aromatic rings. The maximum absolute atomic E-state index is 12.3. The molecule has 0 spiro atoms. The predicted molar refractivity (Wildman–Crippen MR) is 79.7 cm³/mol. The third-order valence-corrected chi connectivity index (χ3v) is 3.48. The van der Waals surface area contributed by atoms with Crippen LogP contribution in [0.2, 0.25) is 0 Å². The van der Waals surface area contributed by atoms with Gasteiger partial charge in [-0.1, -0.05) is 37.3 Å². The van der Waals surface area contributed by atoms with Crippen LogP contribution in [-0.4, -0.2) is 23.4 Å². The summed E-state index contributed by atoms with van der Waals surface area (Å²) in [5, 5.41) is 0. The van der Waals surface area contributed by atoms with Gasteiger partial charge in [0.25, 0.3) is 0 Å². The van der Waals surface area contributed by atoms with Crippen LogP contribution in [-0.2, 0) is 11.3 Å². The Labute approximate surface area is 116 Å². The molecule has 0 saturated carbocycles. The van der Waals surface area contributed by atoms with Gasteiger partial charge in [-0.15, -0.1) is 0 Å². The van der Waals surface area contributed by atoms with Crippen molar-refractivity contribution in [3.05, 3.63) is 35.9 Å². The van der Waals surface area contributed by atoms with Crippen LogP contribution in [0.15, 0.2) is 30.3 Å². The topological polar surface area (TPSA) is 46.3 Å². The third kappa shape index (κ3) is 5.43. The zero-order valence-corrected chi connectivity index (χ0v) is 12.1. The van der Waals surface area contributed by atoms with E-state index in [9.17, 15) is 4.79 Å². The molecule has 2 N–H and O–H groups in total. The van der Waals surface area contributed by atoms with Gasteiger partial charge in [-0.3, -0.25) is 4.79 Å². The second kappa shape index (κ2) is 8.70. The zero-order chi connectivity index (χ0) is 14.1. The smallest absolute Gasteiger partial charge is 0.223 e. The van der Waals surface area contributed by atoms with Gasteiger partial charge in [0, 0.05) is 19.0 Å². The summed E-state index contributed by atoms with van der Waals surface area (Å²) in [7, 11) is 0. The Morgan fingerprint density at radius 3 is 2.53 bits per heavy atom. The maximum atomic E-state index is 12.3. The minimum Gasteiger partial charge on any atom is -0.336 e. The number of rotatable bonds is 8. The molecule has 0 bridgehead atoms. The highest BCUT2D eigenvalue weighted by Gasteiger charge is 2.18. The Morgan fingerprint density at radius 2 is 1.95 bits per heavy atom. The lowest BCUT2D eigenvalue weighted by atomic mass is 10.1. The molecule has 0 heterocycles. The van der Waals surface area contributed by atoms with Gasteiger partial charge in [0.05, 0.1) is 0 Å². The molecule has 0 aromatic heterocycles. The van der Waals surface area contributed by atoms with Crippen LogP contribution in [0.4, 0.5) is 0 Å². The molecule has 0 saturated heterocycles. The van der Waals surface area contributed by atoms with Gasteiger partial charge >= 0.3 is 0 Å². The fourth-order valence-electron chi connectivity index (χ4n) is 2.05. The molecule has 1 rings (SSSR count). The van der Waals surface area contributed by atoms with Gasteiger partial charge in [0.15, 0.2) is 0 Å². The predicted octanol–water partition coefficient (Wildman–Crippen LogP) is 2.94. The molecule has 1 amide bonds. The summed E-state index contributed by atoms with van der Waals surface area (Å²) < 4.78 is 0. The van der Waals surface area contributed by atoms with Crippen molar-refractivity contribution in [3.63, 3.8) is 0 Å². The van der Waals surface area contributed by atoms with E-state index in [1.54, 1.807) is 0 Å². The molecule has 0 aliphatic heterocycles. The fourth-order valence-corrected chi connectivity index (χ4v) is 2.05. The van der Waals surface area contributed by atoms with Crippen molar-refractivity contribution in [2.45, 2.75) is 52.1 Å². The highest BCUT2D eigenvalue weighted by Crippen LogP contribution is 2.13. The zero-order valence-electron chi connectivity index (χ0n) is 12.1. The summed E-state index contributed by atoms with van der Waals surface area (Å²) in [6, 6.07) is 10.5. The van der Waals surface area contributed by atoms with Crippen LogP contribution >= 0.6 is 0 Å². The number of benzene rings is 1. The molecule has 1 unspecified atom stereocenters. The average molecular weight is 262 g/mol. The maximum Gasteiger partial charge on any atom is 0.223 e. The lowest BCUT2D eigenvalue weighted by Gasteiger charge is -2.29. The van der Waals surface area contributed by atoms with Gasteiger partial charge < -0.3 is 10.6 Å². The van der Waals surface area contributed by atoms with Crippen LogP contribution in [0.25, 0.3) is 0 Å². The van der Waals surface area contributed by atoms with Crippen molar-refractivity contribution in [2.24, 2.45) is 5.73 Å². The lowest BCUT2D eigenvalue weighted by Crippen LogP contribution is -2.37. The first-order chi connectivity index (χ1) is 9.19. The minimum absolute atomic E-state index is 0.242. The second-order valence-electron chi connectivity index (χ2n) is 5.01. The molecule has 0 radical (unpaired) electrons. The first-order valence-electron chi connectivity index (χ1n) is 7.22. The summed E-state index contributed by atoms with van der Waals surface area (Å²) >= 11 is 0. The van der Waals surface area contributed by atoms with Gasteiger partial charge in [-0.2, -0.15) is 0 Å². The fraction of sp³-hybridized carbons (Fsp3) is 0.562. The number of amides is 1. The first-order valence-corrected chi connectivity index (χ1v) is 7.22. The summed E-state index contributed by atoms with van der Waals surface area (Å²) in [6.45, 7) is 5.60. The standard InChI is InChI=1S/C16H26N2O/c1-3-14(2)18(16(19)11-7-8-12-17)13-15-9-5-4-6-10-15/h4-6,9-10,14H,3,7-8,11-13,17H2,1-2H3. The van der Waals surface area contributed by atoms with Crippen molar-refractivity contribution < 1.29 is 4.79 Å². The molecular weight excluding hydrogens is 236 g/mol. The van der Waals surface area contributed by atoms with Crippen LogP contribution in [0.3, 0.4) is 0 Å². The van der Waals surface area contributed by atoms with Crippen LogP contribution in [0.1, 0.15) is 45.1 Å². The number of carbonyl (C=O) groups excluding carboxylic acids is 1. The molecule has 0 aliphatic carbocycles. The highest BCUT2D eigenvalue weighted by molar-refractivity contribution is 5.76. The molecular formula is C16H26N2O. The number of carbonyl (C=O) groups is 1. The minimum atomic E-state index is 0.242. The summed E-state index contributed by atoms with van der Waals surface area (Å²) in [5.41, 5.74) is 6.67. The second-order valence-corrected chi connectivity index (χ2v) is 5.01. The van der Waals surface area contributed by atoms with Crippen LogP contribution in [0, 0.1) is 0 Å². The first kappa shape index (κ1) is 15.7. The Balaban J connectivity index is 2.64. The Kier molecular flexibility index (Phi) is 7.19. The molecule has 19 heavy (non-hydrogen) atoms. The number of nitrogens with two attached hydrogens (primary N) is 1. The number of hydrogen-bond acceptors (Lipinski definition) is 2. The molecule has 0 fully saturated rings. The summed E-state index contributed by atoms with van der Waals surface area (Å²) in [4.78, 5) is 14.3. The molecule has 1 atom stereocenters. The summed E-state index contributed by atoms with van der Waals surface area (Å²) in [6.07, 6.45) is 3.40. The normalized spacial score (nSPS) is 12.2. The number of unbranched alkanes of at least 4 members (excludes halogenated alkanes) is 1. The molecule has 3 nitrogen and oxygen atoms in total. The SMILES string of the molecule is CCC(C)N(Cc1ccccc1)C(=O)CCCCN. The van der Waals surface area contributed by atoms with Gasteiger partial charge in [0.2, 0.25) is 5.91 Å². The molecule has 106 valence electrons. The largest absolute Gasteiger partial charge is 0.336 e. The van der Waals surface area contributed by atoms with E-state index in [4.69, 9.17) is 5.73 Å². The van der Waals surface area contributed by atoms with Crippen LogP contribution in [0.5, 0.6) is 0 Å². The molecule has 0 aliphatic rings. The van der Waals surface area contributed by atoms with E-state index in [0.717, 1.165) is 19.3 Å². The number of nitrogens with zero attached hydrogens (tertiary/aromatic N) is 1. The van der Waals surface area contributed by atoms with E-state index in [-0.39, 0.29) is 11.9 Å². The molecule has 1 aromatic carbocycles. The van der Waals surface area contributed by atoms with Gasteiger partial charge in [-0.25, -0.2) is 0 Å². The van der Waals surface area contributed by atoms with Gasteiger partial charge in [-0.05, 0) is 38.3 Å². The quantitative estimate of drug-likeness (QED) is 0.732. The van der Waals surface area contributed by atoms with Gasteiger partial charge in [0.1, 0.15) is 0 Å². The van der Waals surface area contributed by atoms with Crippen molar-refractivity contribution in [1.29, 1.82) is 0 Å². The van der Waals surface area contributed by atoms with E-state index in [1.165, 1.54) is 5.56 Å². The molecule has 3 heteroatoms. The summed E-state index contributed by atoms with van der Waals surface area (Å²) in [5.74, 6) is 0.242. The Hall–Kier alpha value is -1.35. The van der Waals surface area contributed by atoms with E-state index in [2.05, 4.69) is 26.0 Å². The number of hydrogen-bond donors (Lipinski definition) is 1. The van der Waals surface area contributed by atoms with E-state index in [1.807, 2.05) is 23.1 Å². The van der Waals surface area contributed by atoms with E-state index >= 15 is 0 Å². The Bertz CT molecular complexity index is 364. The van der Waals surface area contributed by atoms with Crippen molar-refractivity contribution >= 4 is 5.91 Å². The average Bonchev–Trinajstić information content (AvgIpc) is 2.45. The highest BCUT2D eigenvalue weighted by atomic mass is 16.2. The monoisotopic (exact) mass is 262 g/mol.